The van der Waals surface area contributed by atoms with Crippen LogP contribution in [0.15, 0.2) is 17.0 Å². The molecule has 1 aromatic heterocycles. The van der Waals surface area contributed by atoms with Gasteiger partial charge in [-0.2, -0.15) is 0 Å². The number of halogens is 2. The molecule has 0 spiro atoms. The molecule has 0 amide bonds. The molecular weight excluding hydrogens is 306 g/mol. The van der Waals surface area contributed by atoms with Crippen molar-refractivity contribution in [2.75, 3.05) is 16.4 Å². The van der Waals surface area contributed by atoms with Crippen LogP contribution in [0.4, 0.5) is 5.82 Å². The predicted octanol–water partition coefficient (Wildman–Crippen LogP) is 1.61. The van der Waals surface area contributed by atoms with Crippen molar-refractivity contribution in [2.24, 2.45) is 0 Å². The molecule has 1 aromatic rings. The van der Waals surface area contributed by atoms with Crippen LogP contribution in [0.5, 0.6) is 0 Å². The van der Waals surface area contributed by atoms with Crippen LogP contribution in [0.1, 0.15) is 6.42 Å². The SMILES string of the molecule is O=S(=O)(CCCCl)Nc1cnc(Br)cn1. The van der Waals surface area contributed by atoms with Crippen molar-refractivity contribution in [3.8, 4) is 0 Å². The van der Waals surface area contributed by atoms with Gasteiger partial charge in [0.25, 0.3) is 0 Å². The van der Waals surface area contributed by atoms with Crippen LogP contribution < -0.4 is 4.72 Å². The zero-order chi connectivity index (χ0) is 11.3. The maximum absolute atomic E-state index is 11.4. The Balaban J connectivity index is 2.65. The van der Waals surface area contributed by atoms with Gasteiger partial charge < -0.3 is 0 Å². The number of nitrogens with zero attached hydrogens (tertiary/aromatic N) is 2. The van der Waals surface area contributed by atoms with E-state index in [9.17, 15) is 8.42 Å². The summed E-state index contributed by atoms with van der Waals surface area (Å²) in [5.41, 5.74) is 0. The van der Waals surface area contributed by atoms with Gasteiger partial charge in [-0.15, -0.1) is 11.6 Å². The average molecular weight is 315 g/mol. The van der Waals surface area contributed by atoms with E-state index in [1.807, 2.05) is 0 Å². The first-order chi connectivity index (χ1) is 7.03. The normalized spacial score (nSPS) is 11.3. The number of alkyl halides is 1. The molecule has 84 valence electrons. The summed E-state index contributed by atoms with van der Waals surface area (Å²) in [5, 5.41) is 0. The standard InChI is InChI=1S/C7H9BrClN3O2S/c8-6-4-11-7(5-10-6)12-15(13,14)3-1-2-9/h4-5H,1-3H2,(H,11,12). The summed E-state index contributed by atoms with van der Waals surface area (Å²) < 4.78 is 25.6. The molecule has 1 rings (SSSR count). The zero-order valence-corrected chi connectivity index (χ0v) is 10.8. The average Bonchev–Trinajstić information content (AvgIpc) is 2.18. The molecule has 0 aliphatic rings. The Hall–Kier alpha value is -0.400. The molecule has 0 fully saturated rings. The molecule has 0 radical (unpaired) electrons. The Morgan fingerprint density at radius 2 is 2.13 bits per heavy atom. The van der Waals surface area contributed by atoms with E-state index in [0.29, 0.717) is 16.9 Å². The van der Waals surface area contributed by atoms with Gasteiger partial charge in [0, 0.05) is 5.88 Å². The van der Waals surface area contributed by atoms with E-state index in [-0.39, 0.29) is 11.6 Å². The van der Waals surface area contributed by atoms with E-state index >= 15 is 0 Å². The molecular formula is C7H9BrClN3O2S. The molecule has 0 aliphatic heterocycles. The fraction of sp³-hybridized carbons (Fsp3) is 0.429. The molecule has 1 heterocycles. The molecule has 5 nitrogen and oxygen atoms in total. The van der Waals surface area contributed by atoms with Crippen LogP contribution in [0, 0.1) is 0 Å². The topological polar surface area (TPSA) is 72.0 Å². The van der Waals surface area contributed by atoms with Crippen molar-refractivity contribution < 1.29 is 8.42 Å². The molecule has 0 atom stereocenters. The highest BCUT2D eigenvalue weighted by Crippen LogP contribution is 2.08. The first-order valence-electron chi connectivity index (χ1n) is 4.07. The van der Waals surface area contributed by atoms with E-state index in [0.717, 1.165) is 0 Å². The Labute approximate surface area is 101 Å². The summed E-state index contributed by atoms with van der Waals surface area (Å²) in [6.45, 7) is 0. The van der Waals surface area contributed by atoms with E-state index in [4.69, 9.17) is 11.6 Å². The number of rotatable bonds is 5. The summed E-state index contributed by atoms with van der Waals surface area (Å²) in [6, 6.07) is 0. The van der Waals surface area contributed by atoms with Gasteiger partial charge in [0.2, 0.25) is 10.0 Å². The smallest absolute Gasteiger partial charge is 0.233 e. The lowest BCUT2D eigenvalue weighted by atomic mass is 10.6. The van der Waals surface area contributed by atoms with E-state index < -0.39 is 10.0 Å². The zero-order valence-electron chi connectivity index (χ0n) is 7.65. The van der Waals surface area contributed by atoms with Crippen LogP contribution in [0.2, 0.25) is 0 Å². The third-order valence-corrected chi connectivity index (χ3v) is 3.45. The van der Waals surface area contributed by atoms with Gasteiger partial charge in [0.1, 0.15) is 4.60 Å². The Morgan fingerprint density at radius 1 is 1.40 bits per heavy atom. The number of hydrogen-bond donors (Lipinski definition) is 1. The largest absolute Gasteiger partial charge is 0.266 e. The van der Waals surface area contributed by atoms with E-state index in [2.05, 4.69) is 30.6 Å². The van der Waals surface area contributed by atoms with Crippen molar-refractivity contribution >= 4 is 43.4 Å². The maximum atomic E-state index is 11.4. The molecule has 8 heteroatoms. The van der Waals surface area contributed by atoms with Crippen LogP contribution in [0.3, 0.4) is 0 Å². The molecule has 0 unspecified atom stereocenters. The van der Waals surface area contributed by atoms with Gasteiger partial charge >= 0.3 is 0 Å². The van der Waals surface area contributed by atoms with Crippen molar-refractivity contribution in [1.82, 2.24) is 9.97 Å². The van der Waals surface area contributed by atoms with Gasteiger partial charge in [-0.1, -0.05) is 0 Å². The Bertz CT molecular complexity index is 409. The summed E-state index contributed by atoms with van der Waals surface area (Å²) in [5.74, 6) is 0.494. The fourth-order valence-electron chi connectivity index (χ4n) is 0.820. The monoisotopic (exact) mass is 313 g/mol. The molecule has 0 bridgehead atoms. The van der Waals surface area contributed by atoms with Crippen LogP contribution in [-0.2, 0) is 10.0 Å². The minimum atomic E-state index is -3.36. The van der Waals surface area contributed by atoms with Crippen molar-refractivity contribution in [3.05, 3.63) is 17.0 Å². The van der Waals surface area contributed by atoms with Gasteiger partial charge in [-0.25, -0.2) is 18.4 Å². The highest BCUT2D eigenvalue weighted by molar-refractivity contribution is 9.10. The van der Waals surface area contributed by atoms with Crippen LogP contribution >= 0.6 is 27.5 Å². The number of anilines is 1. The third kappa shape index (κ3) is 4.76. The van der Waals surface area contributed by atoms with Crippen LogP contribution in [-0.4, -0.2) is 30.0 Å². The number of hydrogen-bond acceptors (Lipinski definition) is 4. The highest BCUT2D eigenvalue weighted by atomic mass is 79.9. The lowest BCUT2D eigenvalue weighted by Crippen LogP contribution is -2.17. The van der Waals surface area contributed by atoms with Gasteiger partial charge in [0.15, 0.2) is 5.82 Å². The van der Waals surface area contributed by atoms with Crippen molar-refractivity contribution in [3.63, 3.8) is 0 Å². The van der Waals surface area contributed by atoms with E-state index in [1.54, 1.807) is 0 Å². The second kappa shape index (κ2) is 5.62. The lowest BCUT2D eigenvalue weighted by Gasteiger charge is -2.05. The third-order valence-electron chi connectivity index (χ3n) is 1.43. The Kier molecular flexibility index (Phi) is 4.75. The fourth-order valence-corrected chi connectivity index (χ4v) is 2.37. The molecule has 0 saturated heterocycles. The minimum Gasteiger partial charge on any atom is -0.266 e. The number of aromatic nitrogens is 2. The van der Waals surface area contributed by atoms with Crippen molar-refractivity contribution in [2.45, 2.75) is 6.42 Å². The number of nitrogens with one attached hydrogen (secondary N) is 1. The first kappa shape index (κ1) is 12.7. The second-order valence-electron chi connectivity index (χ2n) is 2.69. The summed E-state index contributed by atoms with van der Waals surface area (Å²) >= 11 is 8.50. The predicted molar refractivity (Wildman–Crippen MR) is 62.5 cm³/mol. The van der Waals surface area contributed by atoms with Gasteiger partial charge in [0.05, 0.1) is 18.1 Å². The first-order valence-corrected chi connectivity index (χ1v) is 7.05. The van der Waals surface area contributed by atoms with Crippen molar-refractivity contribution in [1.29, 1.82) is 0 Å². The lowest BCUT2D eigenvalue weighted by molar-refractivity contribution is 0.599. The highest BCUT2D eigenvalue weighted by Gasteiger charge is 2.10. The molecule has 0 saturated carbocycles. The van der Waals surface area contributed by atoms with Gasteiger partial charge in [-0.05, 0) is 22.4 Å². The molecule has 1 N–H and O–H groups in total. The Morgan fingerprint density at radius 3 is 2.67 bits per heavy atom. The second-order valence-corrected chi connectivity index (χ2v) is 5.72. The van der Waals surface area contributed by atoms with Crippen LogP contribution in [0.25, 0.3) is 0 Å². The summed E-state index contributed by atoms with van der Waals surface area (Å²) in [4.78, 5) is 7.68. The maximum Gasteiger partial charge on any atom is 0.233 e. The summed E-state index contributed by atoms with van der Waals surface area (Å²) in [6.07, 6.45) is 3.16. The van der Waals surface area contributed by atoms with E-state index in [1.165, 1.54) is 12.4 Å². The molecule has 0 aliphatic carbocycles. The number of sulfonamides is 1. The van der Waals surface area contributed by atoms with Gasteiger partial charge in [-0.3, -0.25) is 4.72 Å². The molecule has 15 heavy (non-hydrogen) atoms. The molecule has 0 aromatic carbocycles. The minimum absolute atomic E-state index is 0.0196. The summed E-state index contributed by atoms with van der Waals surface area (Å²) in [7, 11) is -3.36. The quantitative estimate of drug-likeness (QED) is 0.838.